The van der Waals surface area contributed by atoms with Gasteiger partial charge in [-0.25, -0.2) is 4.98 Å². The van der Waals surface area contributed by atoms with Gasteiger partial charge in [0, 0.05) is 18.0 Å². The summed E-state index contributed by atoms with van der Waals surface area (Å²) in [4.78, 5) is 6.57. The molecule has 0 atom stereocenters. The van der Waals surface area contributed by atoms with Crippen molar-refractivity contribution >= 4 is 22.9 Å². The van der Waals surface area contributed by atoms with E-state index < -0.39 is 0 Å². The lowest BCUT2D eigenvalue weighted by atomic mass is 10.1. The van der Waals surface area contributed by atoms with Gasteiger partial charge in [-0.15, -0.1) is 11.3 Å². The van der Waals surface area contributed by atoms with E-state index in [1.165, 1.54) is 0 Å². The Bertz CT molecular complexity index is 603. The number of hydrogen-bond donors (Lipinski definition) is 2. The van der Waals surface area contributed by atoms with Gasteiger partial charge in [-0.1, -0.05) is 12.1 Å². The highest BCUT2D eigenvalue weighted by Crippen LogP contribution is 2.25. The second kappa shape index (κ2) is 5.40. The smallest absolute Gasteiger partial charge is 0.124 e. The van der Waals surface area contributed by atoms with Gasteiger partial charge in [0.2, 0.25) is 0 Å². The van der Waals surface area contributed by atoms with E-state index in [-0.39, 0.29) is 5.84 Å². The van der Waals surface area contributed by atoms with Crippen molar-refractivity contribution in [1.29, 1.82) is 5.41 Å². The molecule has 1 heterocycles. The van der Waals surface area contributed by atoms with Crippen LogP contribution in [0.25, 0.3) is 0 Å². The number of anilines is 1. The number of aromatic nitrogens is 1. The summed E-state index contributed by atoms with van der Waals surface area (Å²) in [5.41, 5.74) is 9.59. The van der Waals surface area contributed by atoms with Crippen molar-refractivity contribution in [2.75, 3.05) is 11.9 Å². The maximum absolute atomic E-state index is 7.69. The van der Waals surface area contributed by atoms with Crippen molar-refractivity contribution < 1.29 is 0 Å². The summed E-state index contributed by atoms with van der Waals surface area (Å²) in [6.45, 7) is 4.75. The zero-order valence-electron chi connectivity index (χ0n) is 11.4. The number of amidine groups is 1. The fourth-order valence-electron chi connectivity index (χ4n) is 2.19. The van der Waals surface area contributed by atoms with Gasteiger partial charge in [0.25, 0.3) is 0 Å². The molecule has 5 heteroatoms. The van der Waals surface area contributed by atoms with Gasteiger partial charge in [0.15, 0.2) is 0 Å². The Morgan fingerprint density at radius 2 is 2.16 bits per heavy atom. The van der Waals surface area contributed by atoms with E-state index in [2.05, 4.69) is 15.3 Å². The van der Waals surface area contributed by atoms with Crippen molar-refractivity contribution in [3.05, 3.63) is 45.4 Å². The molecule has 1 aromatic carbocycles. The molecule has 0 spiro atoms. The molecule has 0 fully saturated rings. The molecule has 0 unspecified atom stereocenters. The Labute approximate surface area is 117 Å². The van der Waals surface area contributed by atoms with Gasteiger partial charge in [-0.3, -0.25) is 5.41 Å². The molecule has 0 aliphatic rings. The van der Waals surface area contributed by atoms with Gasteiger partial charge in [-0.2, -0.15) is 0 Å². The van der Waals surface area contributed by atoms with Crippen LogP contribution in [0.4, 0.5) is 5.69 Å². The average molecular weight is 274 g/mol. The van der Waals surface area contributed by atoms with Gasteiger partial charge in [0.1, 0.15) is 5.84 Å². The number of para-hydroxylation sites is 1. The first-order valence-electron chi connectivity index (χ1n) is 6.05. The summed E-state index contributed by atoms with van der Waals surface area (Å²) in [5.74, 6) is 0.0972. The Morgan fingerprint density at radius 3 is 2.74 bits per heavy atom. The zero-order valence-corrected chi connectivity index (χ0v) is 12.2. The summed E-state index contributed by atoms with van der Waals surface area (Å²) in [5, 5.41) is 10.8. The number of thiazole rings is 1. The first-order valence-corrected chi connectivity index (χ1v) is 6.93. The van der Waals surface area contributed by atoms with E-state index in [1.807, 2.05) is 39.1 Å². The normalized spacial score (nSPS) is 10.5. The fraction of sp³-hybridized carbons (Fsp3) is 0.286. The van der Waals surface area contributed by atoms with Crippen LogP contribution in [-0.4, -0.2) is 17.9 Å². The molecule has 2 aromatic rings. The lowest BCUT2D eigenvalue weighted by Gasteiger charge is -2.23. The van der Waals surface area contributed by atoms with Gasteiger partial charge >= 0.3 is 0 Å². The molecule has 3 N–H and O–H groups in total. The number of rotatable bonds is 4. The highest BCUT2D eigenvalue weighted by atomic mass is 32.1. The van der Waals surface area contributed by atoms with Crippen LogP contribution in [0.3, 0.4) is 0 Å². The standard InChI is InChI=1S/C14H18N4S/c1-9-5-4-6-12(14(15)16)13(9)18(3)7-11-8-19-10(2)17-11/h4-6,8H,7H2,1-3H3,(H3,15,16). The van der Waals surface area contributed by atoms with Crippen LogP contribution in [0.2, 0.25) is 0 Å². The second-order valence-electron chi connectivity index (χ2n) is 4.60. The van der Waals surface area contributed by atoms with Crippen molar-refractivity contribution in [2.24, 2.45) is 5.73 Å². The van der Waals surface area contributed by atoms with E-state index in [9.17, 15) is 0 Å². The van der Waals surface area contributed by atoms with E-state index in [1.54, 1.807) is 11.3 Å². The van der Waals surface area contributed by atoms with E-state index in [0.29, 0.717) is 0 Å². The molecule has 0 saturated heterocycles. The molecule has 0 saturated carbocycles. The van der Waals surface area contributed by atoms with Gasteiger partial charge in [0.05, 0.1) is 22.9 Å². The Morgan fingerprint density at radius 1 is 1.42 bits per heavy atom. The monoisotopic (exact) mass is 274 g/mol. The third-order valence-electron chi connectivity index (χ3n) is 2.98. The molecule has 0 radical (unpaired) electrons. The van der Waals surface area contributed by atoms with E-state index in [0.717, 1.165) is 34.1 Å². The van der Waals surface area contributed by atoms with Crippen LogP contribution in [0.5, 0.6) is 0 Å². The van der Waals surface area contributed by atoms with Crippen LogP contribution in [0.1, 0.15) is 21.8 Å². The Hall–Kier alpha value is -1.88. The molecule has 1 aromatic heterocycles. The second-order valence-corrected chi connectivity index (χ2v) is 5.66. The van der Waals surface area contributed by atoms with Crippen LogP contribution in [0.15, 0.2) is 23.6 Å². The summed E-state index contributed by atoms with van der Waals surface area (Å²) in [7, 11) is 2.00. The molecular weight excluding hydrogens is 256 g/mol. The summed E-state index contributed by atoms with van der Waals surface area (Å²) in [6.07, 6.45) is 0. The van der Waals surface area contributed by atoms with E-state index in [4.69, 9.17) is 11.1 Å². The SMILES string of the molecule is Cc1nc(CN(C)c2c(C)cccc2C(=N)N)cs1. The summed E-state index contributed by atoms with van der Waals surface area (Å²) >= 11 is 1.65. The van der Waals surface area contributed by atoms with Gasteiger partial charge in [-0.05, 0) is 25.5 Å². The number of nitrogens with two attached hydrogens (primary N) is 1. The highest BCUT2D eigenvalue weighted by Gasteiger charge is 2.13. The number of hydrogen-bond acceptors (Lipinski definition) is 4. The minimum atomic E-state index is 0.0972. The van der Waals surface area contributed by atoms with Crippen LogP contribution in [-0.2, 0) is 6.54 Å². The van der Waals surface area contributed by atoms with Crippen molar-refractivity contribution in [1.82, 2.24) is 4.98 Å². The molecule has 0 amide bonds. The molecular formula is C14H18N4S. The van der Waals surface area contributed by atoms with Crippen LogP contribution >= 0.6 is 11.3 Å². The largest absolute Gasteiger partial charge is 0.384 e. The van der Waals surface area contributed by atoms with Crippen LogP contribution in [0, 0.1) is 19.3 Å². The first-order chi connectivity index (χ1) is 8.99. The molecule has 0 aliphatic heterocycles. The number of nitrogens with zero attached hydrogens (tertiary/aromatic N) is 2. The molecule has 0 aliphatic carbocycles. The summed E-state index contributed by atoms with van der Waals surface area (Å²) in [6, 6.07) is 5.84. The Balaban J connectivity index is 2.32. The van der Waals surface area contributed by atoms with Gasteiger partial charge < -0.3 is 10.6 Å². The van der Waals surface area contributed by atoms with E-state index >= 15 is 0 Å². The number of nitrogen functional groups attached to an aromatic ring is 1. The minimum absolute atomic E-state index is 0.0972. The van der Waals surface area contributed by atoms with Crippen molar-refractivity contribution in [2.45, 2.75) is 20.4 Å². The highest BCUT2D eigenvalue weighted by molar-refractivity contribution is 7.09. The van der Waals surface area contributed by atoms with Crippen molar-refractivity contribution in [3.63, 3.8) is 0 Å². The molecule has 4 nitrogen and oxygen atoms in total. The number of aryl methyl sites for hydroxylation is 2. The quantitative estimate of drug-likeness (QED) is 0.665. The molecule has 0 bridgehead atoms. The van der Waals surface area contributed by atoms with Crippen molar-refractivity contribution in [3.8, 4) is 0 Å². The maximum Gasteiger partial charge on any atom is 0.124 e. The fourth-order valence-corrected chi connectivity index (χ4v) is 2.79. The Kier molecular flexibility index (Phi) is 3.85. The zero-order chi connectivity index (χ0) is 14.0. The maximum atomic E-state index is 7.69. The minimum Gasteiger partial charge on any atom is -0.384 e. The third kappa shape index (κ3) is 2.93. The lowest BCUT2D eigenvalue weighted by Crippen LogP contribution is -2.23. The number of benzene rings is 1. The number of nitrogens with one attached hydrogen (secondary N) is 1. The van der Waals surface area contributed by atoms with Crippen LogP contribution < -0.4 is 10.6 Å². The molecule has 19 heavy (non-hydrogen) atoms. The molecule has 2 rings (SSSR count). The predicted octanol–water partition coefficient (Wildman–Crippen LogP) is 2.68. The lowest BCUT2D eigenvalue weighted by molar-refractivity contribution is 0.884. The predicted molar refractivity (Wildman–Crippen MR) is 81.2 cm³/mol. The molecule has 100 valence electrons. The summed E-state index contributed by atoms with van der Waals surface area (Å²) < 4.78 is 0. The topological polar surface area (TPSA) is 66.0 Å². The first kappa shape index (κ1) is 13.5. The third-order valence-corrected chi connectivity index (χ3v) is 3.80. The average Bonchev–Trinajstić information content (AvgIpc) is 2.74.